The molecular weight excluding hydrogens is 274 g/mol. The van der Waals surface area contributed by atoms with E-state index < -0.39 is 0 Å². The minimum Gasteiger partial charge on any atom is -0.339 e. The maximum atomic E-state index is 12.2. The molecule has 0 aromatic heterocycles. The third-order valence-corrected chi connectivity index (χ3v) is 4.07. The van der Waals surface area contributed by atoms with Gasteiger partial charge in [-0.2, -0.15) is 0 Å². The maximum absolute atomic E-state index is 12.2. The van der Waals surface area contributed by atoms with Crippen LogP contribution in [0.5, 0.6) is 0 Å². The molecule has 1 aromatic carbocycles. The second-order valence-corrected chi connectivity index (χ2v) is 5.83. The van der Waals surface area contributed by atoms with E-state index in [0.717, 1.165) is 45.6 Å². The molecule has 22 heavy (non-hydrogen) atoms. The minimum absolute atomic E-state index is 0.112. The normalized spacial score (nSPS) is 17.8. The average Bonchev–Trinajstić information content (AvgIpc) is 2.56. The van der Waals surface area contributed by atoms with Crippen LogP contribution in [0.1, 0.15) is 25.3 Å². The summed E-state index contributed by atoms with van der Waals surface area (Å²) in [7, 11) is 0. The van der Waals surface area contributed by atoms with Crippen molar-refractivity contribution in [3.8, 4) is 0 Å². The van der Waals surface area contributed by atoms with Crippen LogP contribution in [0.25, 0.3) is 6.08 Å². The number of rotatable bonds is 6. The highest BCUT2D eigenvalue weighted by molar-refractivity contribution is 5.81. The zero-order valence-corrected chi connectivity index (χ0v) is 13.4. The van der Waals surface area contributed by atoms with Gasteiger partial charge in [-0.15, -0.1) is 0 Å². The van der Waals surface area contributed by atoms with Crippen molar-refractivity contribution in [1.82, 2.24) is 9.80 Å². The Morgan fingerprint density at radius 1 is 1.23 bits per heavy atom. The molecule has 1 aliphatic heterocycles. The fraction of sp³-hybridized carbons (Fsp3) is 0.500. The van der Waals surface area contributed by atoms with Crippen molar-refractivity contribution in [3.05, 3.63) is 42.0 Å². The highest BCUT2D eigenvalue weighted by Crippen LogP contribution is 2.07. The monoisotopic (exact) mass is 301 g/mol. The summed E-state index contributed by atoms with van der Waals surface area (Å²) in [4.78, 5) is 16.4. The van der Waals surface area contributed by atoms with Gasteiger partial charge in [-0.1, -0.05) is 55.8 Å². The largest absolute Gasteiger partial charge is 0.339 e. The van der Waals surface area contributed by atoms with E-state index in [1.165, 1.54) is 5.56 Å². The zero-order valence-electron chi connectivity index (χ0n) is 13.4. The molecule has 1 atom stereocenters. The van der Waals surface area contributed by atoms with Crippen LogP contribution >= 0.6 is 0 Å². The van der Waals surface area contributed by atoms with Gasteiger partial charge in [0.25, 0.3) is 0 Å². The summed E-state index contributed by atoms with van der Waals surface area (Å²) in [6.45, 7) is 6.40. The molecule has 2 rings (SSSR count). The molecule has 4 heteroatoms. The van der Waals surface area contributed by atoms with E-state index in [4.69, 9.17) is 5.73 Å². The lowest BCUT2D eigenvalue weighted by atomic mass is 10.1. The Bertz CT molecular complexity index is 478. The van der Waals surface area contributed by atoms with Gasteiger partial charge >= 0.3 is 0 Å². The first-order valence-electron chi connectivity index (χ1n) is 8.19. The van der Waals surface area contributed by atoms with Gasteiger partial charge in [0.2, 0.25) is 5.91 Å². The average molecular weight is 301 g/mol. The first-order chi connectivity index (χ1) is 10.7. The zero-order chi connectivity index (χ0) is 15.8. The quantitative estimate of drug-likeness (QED) is 0.874. The van der Waals surface area contributed by atoms with E-state index >= 15 is 0 Å². The molecule has 1 saturated heterocycles. The SMILES string of the molecule is CCC[C@H](N)C(=O)N1CCN(C/C=C/c2ccccc2)CC1. The number of nitrogens with zero attached hydrogens (tertiary/aromatic N) is 2. The topological polar surface area (TPSA) is 49.6 Å². The molecule has 0 saturated carbocycles. The fourth-order valence-corrected chi connectivity index (χ4v) is 2.72. The number of hydrogen-bond donors (Lipinski definition) is 1. The van der Waals surface area contributed by atoms with Gasteiger partial charge in [0.15, 0.2) is 0 Å². The number of piperazine rings is 1. The first-order valence-corrected chi connectivity index (χ1v) is 8.19. The van der Waals surface area contributed by atoms with Crippen molar-refractivity contribution in [3.63, 3.8) is 0 Å². The van der Waals surface area contributed by atoms with Crippen LogP contribution in [0.15, 0.2) is 36.4 Å². The molecule has 120 valence electrons. The Morgan fingerprint density at radius 2 is 1.91 bits per heavy atom. The van der Waals surface area contributed by atoms with Crippen molar-refractivity contribution in [2.24, 2.45) is 5.73 Å². The number of amides is 1. The van der Waals surface area contributed by atoms with Crippen LogP contribution in [0.2, 0.25) is 0 Å². The Morgan fingerprint density at radius 3 is 2.55 bits per heavy atom. The van der Waals surface area contributed by atoms with Gasteiger partial charge in [0, 0.05) is 32.7 Å². The summed E-state index contributed by atoms with van der Waals surface area (Å²) >= 11 is 0. The smallest absolute Gasteiger partial charge is 0.239 e. The Balaban J connectivity index is 1.73. The molecule has 1 aliphatic rings. The molecular formula is C18H27N3O. The molecule has 1 amide bonds. The summed E-state index contributed by atoms with van der Waals surface area (Å²) in [5, 5.41) is 0. The summed E-state index contributed by atoms with van der Waals surface area (Å²) in [5.74, 6) is 0.112. The summed E-state index contributed by atoms with van der Waals surface area (Å²) in [6.07, 6.45) is 6.07. The molecule has 0 bridgehead atoms. The Kier molecular flexibility index (Phi) is 6.62. The summed E-state index contributed by atoms with van der Waals surface area (Å²) in [5.41, 5.74) is 7.15. The third kappa shape index (κ3) is 4.97. The van der Waals surface area contributed by atoms with Crippen molar-refractivity contribution in [1.29, 1.82) is 0 Å². The lowest BCUT2D eigenvalue weighted by Gasteiger charge is -2.35. The number of hydrogen-bond acceptors (Lipinski definition) is 3. The van der Waals surface area contributed by atoms with Gasteiger partial charge in [0.05, 0.1) is 6.04 Å². The minimum atomic E-state index is -0.325. The lowest BCUT2D eigenvalue weighted by molar-refractivity contribution is -0.134. The number of carbonyl (C=O) groups excluding carboxylic acids is 1. The van der Waals surface area contributed by atoms with E-state index in [9.17, 15) is 4.79 Å². The summed E-state index contributed by atoms with van der Waals surface area (Å²) in [6, 6.07) is 9.99. The van der Waals surface area contributed by atoms with Crippen molar-refractivity contribution in [2.75, 3.05) is 32.7 Å². The van der Waals surface area contributed by atoms with Gasteiger partial charge in [-0.25, -0.2) is 0 Å². The maximum Gasteiger partial charge on any atom is 0.239 e. The molecule has 0 unspecified atom stereocenters. The van der Waals surface area contributed by atoms with Crippen LogP contribution in [0.3, 0.4) is 0 Å². The molecule has 4 nitrogen and oxygen atoms in total. The molecule has 1 heterocycles. The second-order valence-electron chi connectivity index (χ2n) is 5.83. The van der Waals surface area contributed by atoms with Crippen LogP contribution in [0.4, 0.5) is 0 Å². The first kappa shape index (κ1) is 16.7. The molecule has 0 radical (unpaired) electrons. The van der Waals surface area contributed by atoms with E-state index in [0.29, 0.717) is 0 Å². The van der Waals surface area contributed by atoms with Crippen molar-refractivity contribution in [2.45, 2.75) is 25.8 Å². The van der Waals surface area contributed by atoms with Gasteiger partial charge in [-0.3, -0.25) is 9.69 Å². The highest BCUT2D eigenvalue weighted by Gasteiger charge is 2.24. The molecule has 0 aliphatic carbocycles. The summed E-state index contributed by atoms with van der Waals surface area (Å²) < 4.78 is 0. The molecule has 1 aromatic rings. The van der Waals surface area contributed by atoms with Gasteiger partial charge < -0.3 is 10.6 Å². The lowest BCUT2D eigenvalue weighted by Crippen LogP contribution is -2.53. The van der Waals surface area contributed by atoms with Gasteiger partial charge in [0.1, 0.15) is 0 Å². The molecule has 2 N–H and O–H groups in total. The third-order valence-electron chi connectivity index (χ3n) is 4.07. The standard InChI is InChI=1S/C18H27N3O/c1-2-7-17(19)18(22)21-14-12-20(13-15-21)11-6-10-16-8-4-3-5-9-16/h3-6,8-10,17H,2,7,11-15,19H2,1H3/b10-6+/t17-/m0/s1. The van der Waals surface area contributed by atoms with Crippen molar-refractivity contribution >= 4 is 12.0 Å². The van der Waals surface area contributed by atoms with E-state index in [1.54, 1.807) is 0 Å². The molecule has 1 fully saturated rings. The second kappa shape index (κ2) is 8.71. The van der Waals surface area contributed by atoms with E-state index in [1.807, 2.05) is 23.1 Å². The van der Waals surface area contributed by atoms with Crippen LogP contribution in [-0.4, -0.2) is 54.5 Å². The van der Waals surface area contributed by atoms with E-state index in [-0.39, 0.29) is 11.9 Å². The highest BCUT2D eigenvalue weighted by atomic mass is 16.2. The van der Waals surface area contributed by atoms with Crippen LogP contribution in [-0.2, 0) is 4.79 Å². The van der Waals surface area contributed by atoms with Crippen molar-refractivity contribution < 1.29 is 4.79 Å². The van der Waals surface area contributed by atoms with E-state index in [2.05, 4.69) is 36.1 Å². The fourth-order valence-electron chi connectivity index (χ4n) is 2.72. The Hall–Kier alpha value is -1.65. The molecule has 0 spiro atoms. The van der Waals surface area contributed by atoms with Crippen LogP contribution in [0, 0.1) is 0 Å². The Labute approximate surface area is 133 Å². The number of carbonyl (C=O) groups is 1. The predicted molar refractivity (Wildman–Crippen MR) is 91.4 cm³/mol. The number of nitrogens with two attached hydrogens (primary N) is 1. The van der Waals surface area contributed by atoms with Crippen LogP contribution < -0.4 is 5.73 Å². The van der Waals surface area contributed by atoms with Gasteiger partial charge in [-0.05, 0) is 12.0 Å². The predicted octanol–water partition coefficient (Wildman–Crippen LogP) is 1.97. The number of benzene rings is 1.